The first-order valence-corrected chi connectivity index (χ1v) is 7.58. The summed E-state index contributed by atoms with van der Waals surface area (Å²) in [5.74, 6) is 0.827. The second-order valence-electron chi connectivity index (χ2n) is 4.21. The van der Waals surface area contributed by atoms with Crippen LogP contribution in [0.15, 0.2) is 52.0 Å². The van der Waals surface area contributed by atoms with Crippen molar-refractivity contribution in [1.29, 1.82) is 5.26 Å². The van der Waals surface area contributed by atoms with E-state index in [2.05, 4.69) is 4.72 Å². The van der Waals surface area contributed by atoms with Crippen molar-refractivity contribution in [3.05, 3.63) is 54.0 Å². The number of furan rings is 1. The fourth-order valence-electron chi connectivity index (χ4n) is 1.73. The number of nitrogens with zero attached hydrogens (tertiary/aromatic N) is 1. The average Bonchev–Trinajstić information content (AvgIpc) is 2.92. The molecule has 0 spiro atoms. The van der Waals surface area contributed by atoms with E-state index in [0.717, 1.165) is 11.3 Å². The lowest BCUT2D eigenvalue weighted by atomic mass is 10.1. The Morgan fingerprint density at radius 1 is 1.20 bits per heavy atom. The van der Waals surface area contributed by atoms with E-state index in [-0.39, 0.29) is 17.9 Å². The molecule has 0 radical (unpaired) electrons. The molecule has 5 nitrogen and oxygen atoms in total. The Kier molecular flexibility index (Phi) is 4.56. The van der Waals surface area contributed by atoms with Gasteiger partial charge in [0.1, 0.15) is 5.76 Å². The van der Waals surface area contributed by atoms with Gasteiger partial charge in [-0.05, 0) is 29.8 Å². The minimum absolute atomic E-state index is 0.118. The molecule has 0 aliphatic rings. The molecule has 6 heteroatoms. The van der Waals surface area contributed by atoms with Crippen molar-refractivity contribution in [1.82, 2.24) is 4.72 Å². The van der Waals surface area contributed by atoms with Gasteiger partial charge in [0.05, 0.1) is 17.2 Å². The van der Waals surface area contributed by atoms with Gasteiger partial charge in [0.15, 0.2) is 0 Å². The van der Waals surface area contributed by atoms with Crippen LogP contribution in [0.1, 0.15) is 17.7 Å². The Morgan fingerprint density at radius 3 is 2.55 bits per heavy atom. The molecule has 2 rings (SSSR count). The summed E-state index contributed by atoms with van der Waals surface area (Å²) in [5, 5.41) is 8.40. The van der Waals surface area contributed by atoms with Crippen LogP contribution in [0.2, 0.25) is 0 Å². The normalized spacial score (nSPS) is 11.2. The van der Waals surface area contributed by atoms with Gasteiger partial charge in [-0.15, -0.1) is 0 Å². The van der Waals surface area contributed by atoms with E-state index in [4.69, 9.17) is 9.68 Å². The highest BCUT2D eigenvalue weighted by Crippen LogP contribution is 2.14. The zero-order valence-corrected chi connectivity index (χ0v) is 11.6. The maximum Gasteiger partial charge on any atom is 0.240 e. The SMILES string of the molecule is N#CCCNS(=O)(=O)c1ccc(Cc2ccco2)cc1. The summed E-state index contributed by atoms with van der Waals surface area (Å²) in [6, 6.07) is 12.2. The molecule has 1 heterocycles. The number of rotatable bonds is 6. The first-order valence-electron chi connectivity index (χ1n) is 6.10. The summed E-state index contributed by atoms with van der Waals surface area (Å²) < 4.78 is 31.4. The van der Waals surface area contributed by atoms with E-state index < -0.39 is 10.0 Å². The predicted molar refractivity (Wildman–Crippen MR) is 73.4 cm³/mol. The largest absolute Gasteiger partial charge is 0.469 e. The molecule has 1 aromatic heterocycles. The summed E-state index contributed by atoms with van der Waals surface area (Å²) in [5.41, 5.74) is 0.968. The van der Waals surface area contributed by atoms with Gasteiger partial charge in [-0.3, -0.25) is 0 Å². The molecule has 0 unspecified atom stereocenters. The van der Waals surface area contributed by atoms with E-state index in [1.165, 1.54) is 0 Å². The summed E-state index contributed by atoms with van der Waals surface area (Å²) in [7, 11) is -3.54. The van der Waals surface area contributed by atoms with Gasteiger partial charge in [0.25, 0.3) is 0 Å². The smallest absolute Gasteiger partial charge is 0.240 e. The molecular formula is C14H14N2O3S. The molecule has 0 saturated carbocycles. The standard InChI is InChI=1S/C14H14N2O3S/c15-8-2-9-16-20(17,18)14-6-4-12(5-7-14)11-13-3-1-10-19-13/h1,3-7,10,16H,2,9,11H2. The fourth-order valence-corrected chi connectivity index (χ4v) is 2.76. The maximum atomic E-state index is 11.9. The van der Waals surface area contributed by atoms with Crippen LogP contribution < -0.4 is 4.72 Å². The van der Waals surface area contributed by atoms with Crippen LogP contribution in [0.3, 0.4) is 0 Å². The van der Waals surface area contributed by atoms with Gasteiger partial charge in [0, 0.05) is 19.4 Å². The highest BCUT2D eigenvalue weighted by atomic mass is 32.2. The van der Waals surface area contributed by atoms with Crippen molar-refractivity contribution in [2.45, 2.75) is 17.7 Å². The van der Waals surface area contributed by atoms with Gasteiger partial charge in [0.2, 0.25) is 10.0 Å². The molecule has 0 aliphatic carbocycles. The maximum absolute atomic E-state index is 11.9. The lowest BCUT2D eigenvalue weighted by Gasteiger charge is -2.06. The minimum Gasteiger partial charge on any atom is -0.469 e. The van der Waals surface area contributed by atoms with Crippen molar-refractivity contribution >= 4 is 10.0 Å². The van der Waals surface area contributed by atoms with E-state index in [1.807, 2.05) is 18.2 Å². The Balaban J connectivity index is 2.06. The zero-order chi connectivity index (χ0) is 14.4. The van der Waals surface area contributed by atoms with E-state index in [0.29, 0.717) is 6.42 Å². The third-order valence-electron chi connectivity index (χ3n) is 2.72. The number of sulfonamides is 1. The Hall–Kier alpha value is -2.10. The second kappa shape index (κ2) is 6.37. The van der Waals surface area contributed by atoms with Gasteiger partial charge in [-0.1, -0.05) is 12.1 Å². The van der Waals surface area contributed by atoms with Crippen LogP contribution in [-0.2, 0) is 16.4 Å². The van der Waals surface area contributed by atoms with Crippen molar-refractivity contribution in [2.75, 3.05) is 6.54 Å². The van der Waals surface area contributed by atoms with Crippen LogP contribution in [0, 0.1) is 11.3 Å². The molecule has 0 fully saturated rings. The summed E-state index contributed by atoms with van der Waals surface area (Å²) in [4.78, 5) is 0.193. The van der Waals surface area contributed by atoms with Gasteiger partial charge >= 0.3 is 0 Å². The Labute approximate surface area is 117 Å². The second-order valence-corrected chi connectivity index (χ2v) is 5.97. The number of nitriles is 1. The molecular weight excluding hydrogens is 276 g/mol. The quantitative estimate of drug-likeness (QED) is 0.825. The number of nitrogens with one attached hydrogen (secondary N) is 1. The van der Waals surface area contributed by atoms with Crippen LogP contribution in [0.5, 0.6) is 0 Å². The van der Waals surface area contributed by atoms with E-state index in [1.54, 1.807) is 30.5 Å². The number of hydrogen-bond acceptors (Lipinski definition) is 4. The van der Waals surface area contributed by atoms with Crippen molar-refractivity contribution in [3.63, 3.8) is 0 Å². The highest BCUT2D eigenvalue weighted by molar-refractivity contribution is 7.89. The molecule has 0 atom stereocenters. The minimum atomic E-state index is -3.54. The van der Waals surface area contributed by atoms with E-state index in [9.17, 15) is 8.42 Å². The predicted octanol–water partition coefficient (Wildman–Crippen LogP) is 2.06. The fraction of sp³-hybridized carbons (Fsp3) is 0.214. The summed E-state index contributed by atoms with van der Waals surface area (Å²) in [6.07, 6.45) is 2.37. The third-order valence-corrected chi connectivity index (χ3v) is 4.20. The number of hydrogen-bond donors (Lipinski definition) is 1. The molecule has 104 valence electrons. The molecule has 0 saturated heterocycles. The monoisotopic (exact) mass is 290 g/mol. The highest BCUT2D eigenvalue weighted by Gasteiger charge is 2.12. The summed E-state index contributed by atoms with van der Waals surface area (Å²) >= 11 is 0. The average molecular weight is 290 g/mol. The van der Waals surface area contributed by atoms with Crippen molar-refractivity contribution < 1.29 is 12.8 Å². The Morgan fingerprint density at radius 2 is 1.95 bits per heavy atom. The lowest BCUT2D eigenvalue weighted by Crippen LogP contribution is -2.24. The van der Waals surface area contributed by atoms with Crippen LogP contribution >= 0.6 is 0 Å². The molecule has 1 aromatic carbocycles. The molecule has 0 amide bonds. The van der Waals surface area contributed by atoms with Crippen molar-refractivity contribution in [2.24, 2.45) is 0 Å². The van der Waals surface area contributed by atoms with E-state index >= 15 is 0 Å². The van der Waals surface area contributed by atoms with Crippen molar-refractivity contribution in [3.8, 4) is 6.07 Å². The first kappa shape index (κ1) is 14.3. The van der Waals surface area contributed by atoms with Crippen LogP contribution in [0.25, 0.3) is 0 Å². The lowest BCUT2D eigenvalue weighted by molar-refractivity contribution is 0.521. The van der Waals surface area contributed by atoms with Gasteiger partial charge in [-0.25, -0.2) is 13.1 Å². The molecule has 2 aromatic rings. The topological polar surface area (TPSA) is 83.1 Å². The molecule has 20 heavy (non-hydrogen) atoms. The van der Waals surface area contributed by atoms with Crippen LogP contribution in [-0.4, -0.2) is 15.0 Å². The molecule has 0 aliphatic heterocycles. The van der Waals surface area contributed by atoms with Gasteiger partial charge < -0.3 is 4.42 Å². The third kappa shape index (κ3) is 3.70. The number of benzene rings is 1. The van der Waals surface area contributed by atoms with Crippen LogP contribution in [0.4, 0.5) is 0 Å². The molecule has 1 N–H and O–H groups in total. The Bertz CT molecular complexity index is 683. The molecule has 0 bridgehead atoms. The summed E-state index contributed by atoms with van der Waals surface area (Å²) in [6.45, 7) is 0.118. The van der Waals surface area contributed by atoms with Gasteiger partial charge in [-0.2, -0.15) is 5.26 Å². The zero-order valence-electron chi connectivity index (χ0n) is 10.7. The first-order chi connectivity index (χ1) is 9.62.